The SMILES string of the molecule is CC(C)CC1CCCC(NC2C3C4CCC(C4)C23)C1. The molecule has 4 fully saturated rings. The first-order valence-corrected chi connectivity index (χ1v) is 8.98. The first-order chi connectivity index (χ1) is 9.22. The zero-order valence-corrected chi connectivity index (χ0v) is 12.8. The Morgan fingerprint density at radius 1 is 0.947 bits per heavy atom. The van der Waals surface area contributed by atoms with E-state index in [4.69, 9.17) is 0 Å². The molecule has 0 amide bonds. The molecule has 1 heteroatoms. The summed E-state index contributed by atoms with van der Waals surface area (Å²) in [5, 5.41) is 4.10. The van der Waals surface area contributed by atoms with Crippen molar-refractivity contribution in [2.24, 2.45) is 35.5 Å². The van der Waals surface area contributed by atoms with Crippen molar-refractivity contribution in [2.75, 3.05) is 0 Å². The number of nitrogens with one attached hydrogen (secondary N) is 1. The average Bonchev–Trinajstić information content (AvgIpc) is 2.78. The lowest BCUT2D eigenvalue weighted by atomic mass is 9.81. The van der Waals surface area contributed by atoms with E-state index in [9.17, 15) is 0 Å². The Balaban J connectivity index is 1.30. The number of fused-ring (bicyclic) bond motifs is 5. The highest BCUT2D eigenvalue weighted by molar-refractivity contribution is 5.17. The first-order valence-electron chi connectivity index (χ1n) is 8.98. The van der Waals surface area contributed by atoms with E-state index in [-0.39, 0.29) is 0 Å². The highest BCUT2D eigenvalue weighted by Crippen LogP contribution is 2.65. The van der Waals surface area contributed by atoms with Crippen molar-refractivity contribution >= 4 is 0 Å². The molecule has 6 unspecified atom stereocenters. The second kappa shape index (κ2) is 4.76. The zero-order valence-electron chi connectivity index (χ0n) is 12.8. The van der Waals surface area contributed by atoms with Gasteiger partial charge < -0.3 is 5.32 Å². The van der Waals surface area contributed by atoms with E-state index < -0.39 is 0 Å². The normalized spacial score (nSPS) is 51.6. The lowest BCUT2D eigenvalue weighted by molar-refractivity contribution is 0.244. The van der Waals surface area contributed by atoms with Gasteiger partial charge in [0.25, 0.3) is 0 Å². The molecular formula is C18H31N. The van der Waals surface area contributed by atoms with Crippen LogP contribution in [-0.4, -0.2) is 12.1 Å². The molecule has 4 saturated carbocycles. The van der Waals surface area contributed by atoms with Crippen LogP contribution in [-0.2, 0) is 0 Å². The molecule has 0 spiro atoms. The summed E-state index contributed by atoms with van der Waals surface area (Å²) < 4.78 is 0. The van der Waals surface area contributed by atoms with Crippen LogP contribution < -0.4 is 5.32 Å². The lowest BCUT2D eigenvalue weighted by Crippen LogP contribution is -2.38. The van der Waals surface area contributed by atoms with Crippen LogP contribution in [0.1, 0.15) is 65.2 Å². The van der Waals surface area contributed by atoms with Crippen molar-refractivity contribution in [3.63, 3.8) is 0 Å². The summed E-state index contributed by atoms with van der Waals surface area (Å²) >= 11 is 0. The van der Waals surface area contributed by atoms with Gasteiger partial charge in [0.2, 0.25) is 0 Å². The predicted molar refractivity (Wildman–Crippen MR) is 79.9 cm³/mol. The maximum atomic E-state index is 4.10. The molecule has 108 valence electrons. The fourth-order valence-electron chi connectivity index (χ4n) is 6.14. The molecule has 4 aliphatic rings. The summed E-state index contributed by atoms with van der Waals surface area (Å²) in [6, 6.07) is 1.82. The maximum absolute atomic E-state index is 4.10. The Labute approximate surface area is 118 Å². The van der Waals surface area contributed by atoms with Gasteiger partial charge in [-0.15, -0.1) is 0 Å². The monoisotopic (exact) mass is 261 g/mol. The van der Waals surface area contributed by atoms with Crippen LogP contribution in [0.4, 0.5) is 0 Å². The zero-order chi connectivity index (χ0) is 13.0. The van der Waals surface area contributed by atoms with Gasteiger partial charge in [-0.25, -0.2) is 0 Å². The maximum Gasteiger partial charge on any atom is 0.0138 e. The minimum atomic E-state index is 0.868. The quantitative estimate of drug-likeness (QED) is 0.798. The van der Waals surface area contributed by atoms with Gasteiger partial charge >= 0.3 is 0 Å². The molecule has 1 N–H and O–H groups in total. The van der Waals surface area contributed by atoms with E-state index in [2.05, 4.69) is 19.2 Å². The molecule has 4 rings (SSSR count). The van der Waals surface area contributed by atoms with E-state index in [0.717, 1.165) is 47.6 Å². The second-order valence-electron chi connectivity index (χ2n) is 8.54. The van der Waals surface area contributed by atoms with Crippen LogP contribution in [0.2, 0.25) is 0 Å². The summed E-state index contributed by atoms with van der Waals surface area (Å²) in [5.41, 5.74) is 0. The van der Waals surface area contributed by atoms with Crippen LogP contribution in [0.25, 0.3) is 0 Å². The van der Waals surface area contributed by atoms with Crippen LogP contribution in [0.15, 0.2) is 0 Å². The third kappa shape index (κ3) is 2.26. The minimum absolute atomic E-state index is 0.868. The third-order valence-electron chi connectivity index (χ3n) is 6.75. The Morgan fingerprint density at radius 3 is 2.37 bits per heavy atom. The van der Waals surface area contributed by atoms with Crippen molar-refractivity contribution in [3.8, 4) is 0 Å². The van der Waals surface area contributed by atoms with Crippen molar-refractivity contribution in [1.82, 2.24) is 5.32 Å². The van der Waals surface area contributed by atoms with Gasteiger partial charge in [0.1, 0.15) is 0 Å². The van der Waals surface area contributed by atoms with Gasteiger partial charge in [-0.1, -0.05) is 26.7 Å². The molecule has 6 atom stereocenters. The summed E-state index contributed by atoms with van der Waals surface area (Å²) in [5.74, 6) is 6.39. The van der Waals surface area contributed by atoms with E-state index in [0.29, 0.717) is 0 Å². The summed E-state index contributed by atoms with van der Waals surface area (Å²) in [6.45, 7) is 4.78. The molecule has 0 aromatic carbocycles. The van der Waals surface area contributed by atoms with Gasteiger partial charge in [0, 0.05) is 12.1 Å². The fourth-order valence-corrected chi connectivity index (χ4v) is 6.14. The van der Waals surface area contributed by atoms with E-state index in [1.165, 1.54) is 32.1 Å². The van der Waals surface area contributed by atoms with Crippen LogP contribution in [0, 0.1) is 35.5 Å². The molecule has 2 bridgehead atoms. The van der Waals surface area contributed by atoms with Crippen molar-refractivity contribution in [2.45, 2.75) is 77.3 Å². The first kappa shape index (κ1) is 12.7. The van der Waals surface area contributed by atoms with Gasteiger partial charge in [0.15, 0.2) is 0 Å². The summed E-state index contributed by atoms with van der Waals surface area (Å²) in [4.78, 5) is 0. The Bertz CT molecular complexity index is 321. The number of hydrogen-bond donors (Lipinski definition) is 1. The van der Waals surface area contributed by atoms with Crippen molar-refractivity contribution in [1.29, 1.82) is 0 Å². The van der Waals surface area contributed by atoms with Gasteiger partial charge in [0.05, 0.1) is 0 Å². The molecular weight excluding hydrogens is 230 g/mol. The fraction of sp³-hybridized carbons (Fsp3) is 1.00. The van der Waals surface area contributed by atoms with Crippen LogP contribution >= 0.6 is 0 Å². The Kier molecular flexibility index (Phi) is 3.17. The van der Waals surface area contributed by atoms with Crippen LogP contribution in [0.5, 0.6) is 0 Å². The third-order valence-corrected chi connectivity index (χ3v) is 6.75. The van der Waals surface area contributed by atoms with E-state index in [1.54, 1.807) is 19.3 Å². The van der Waals surface area contributed by atoms with E-state index >= 15 is 0 Å². The van der Waals surface area contributed by atoms with Crippen molar-refractivity contribution in [3.05, 3.63) is 0 Å². The highest BCUT2D eigenvalue weighted by Gasteiger charge is 2.64. The summed E-state index contributed by atoms with van der Waals surface area (Å²) in [7, 11) is 0. The van der Waals surface area contributed by atoms with Gasteiger partial charge in [-0.3, -0.25) is 0 Å². The van der Waals surface area contributed by atoms with Gasteiger partial charge in [-0.2, -0.15) is 0 Å². The lowest BCUT2D eigenvalue weighted by Gasteiger charge is -2.31. The highest BCUT2D eigenvalue weighted by atomic mass is 15.0. The second-order valence-corrected chi connectivity index (χ2v) is 8.54. The topological polar surface area (TPSA) is 12.0 Å². The molecule has 4 aliphatic carbocycles. The molecule has 0 heterocycles. The Morgan fingerprint density at radius 2 is 1.68 bits per heavy atom. The number of hydrogen-bond acceptors (Lipinski definition) is 1. The number of rotatable bonds is 4. The average molecular weight is 261 g/mol. The molecule has 19 heavy (non-hydrogen) atoms. The molecule has 0 aromatic heterocycles. The Hall–Kier alpha value is -0.0400. The predicted octanol–water partition coefficient (Wildman–Crippen LogP) is 4.23. The van der Waals surface area contributed by atoms with E-state index in [1.807, 2.05) is 0 Å². The molecule has 0 aromatic rings. The largest absolute Gasteiger partial charge is 0.311 e. The standard InChI is InChI=1S/C18H31N/c1-11(2)8-12-4-3-5-15(9-12)19-18-16-13-6-7-14(10-13)17(16)18/h11-19H,3-10H2,1-2H3. The summed E-state index contributed by atoms with van der Waals surface area (Å²) in [6.07, 6.45) is 12.1. The van der Waals surface area contributed by atoms with Gasteiger partial charge in [-0.05, 0) is 74.0 Å². The minimum Gasteiger partial charge on any atom is -0.311 e. The van der Waals surface area contributed by atoms with Crippen LogP contribution in [0.3, 0.4) is 0 Å². The molecule has 0 radical (unpaired) electrons. The molecule has 1 nitrogen and oxygen atoms in total. The smallest absolute Gasteiger partial charge is 0.0138 e. The molecule has 0 aliphatic heterocycles. The van der Waals surface area contributed by atoms with Crippen molar-refractivity contribution < 1.29 is 0 Å². The molecule has 0 saturated heterocycles.